The van der Waals surface area contributed by atoms with Gasteiger partial charge < -0.3 is 9.64 Å². The Morgan fingerprint density at radius 2 is 1.96 bits per heavy atom. The number of benzene rings is 3. The van der Waals surface area contributed by atoms with Gasteiger partial charge in [-0.3, -0.25) is 14.4 Å². The molecule has 1 unspecified atom stereocenters. The number of nitriles is 1. The summed E-state index contributed by atoms with van der Waals surface area (Å²) < 4.78 is 38.4. The summed E-state index contributed by atoms with van der Waals surface area (Å²) in [6.45, 7) is 2.56. The third kappa shape index (κ3) is 6.06. The highest BCUT2D eigenvalue weighted by Gasteiger charge is 2.35. The molecule has 4 heterocycles. The summed E-state index contributed by atoms with van der Waals surface area (Å²) in [5.74, 6) is -0.669. The van der Waals surface area contributed by atoms with Gasteiger partial charge in [0.05, 0.1) is 40.7 Å². The van der Waals surface area contributed by atoms with Crippen LogP contribution in [0, 0.1) is 17.1 Å². The monoisotopic (exact) mass is 716 g/mol. The number of likely N-dealkylation sites (N-methyl/N-ethyl adjacent to an activating group) is 1. The van der Waals surface area contributed by atoms with E-state index in [9.17, 15) is 14.4 Å². The van der Waals surface area contributed by atoms with Crippen LogP contribution in [-0.4, -0.2) is 75.5 Å². The van der Waals surface area contributed by atoms with Gasteiger partial charge in [0.15, 0.2) is 5.82 Å². The van der Waals surface area contributed by atoms with Gasteiger partial charge in [-0.15, -0.1) is 0 Å². The van der Waals surface area contributed by atoms with E-state index >= 15 is 4.39 Å². The lowest BCUT2D eigenvalue weighted by Crippen LogP contribution is -2.46. The van der Waals surface area contributed by atoms with Crippen molar-refractivity contribution < 1.29 is 18.3 Å². The topological polar surface area (TPSA) is 87.3 Å². The van der Waals surface area contributed by atoms with Gasteiger partial charge in [-0.05, 0) is 75.4 Å². The first-order valence-corrected chi connectivity index (χ1v) is 17.6. The molecule has 2 fully saturated rings. The summed E-state index contributed by atoms with van der Waals surface area (Å²) >= 11 is 13.7. The molecule has 5 aromatic rings. The van der Waals surface area contributed by atoms with Crippen LogP contribution >= 0.6 is 23.2 Å². The smallest absolute Gasteiger partial charge is 0.246 e. The molecule has 0 spiro atoms. The average Bonchev–Trinajstić information content (AvgIpc) is 3.75. The van der Waals surface area contributed by atoms with E-state index in [-0.39, 0.29) is 52.5 Å². The van der Waals surface area contributed by atoms with Gasteiger partial charge in [0.1, 0.15) is 18.3 Å². The Hall–Kier alpha value is -4.30. The predicted octanol–water partition coefficient (Wildman–Crippen LogP) is 8.68. The number of rotatable bonds is 8. The van der Waals surface area contributed by atoms with E-state index < -0.39 is 18.5 Å². The number of carbonyl (C=O) groups is 1. The maximum atomic E-state index is 17.2. The molecule has 0 saturated carbocycles. The van der Waals surface area contributed by atoms with Gasteiger partial charge >= 0.3 is 0 Å². The maximum Gasteiger partial charge on any atom is 0.246 e. The fourth-order valence-electron chi connectivity index (χ4n) is 7.83. The van der Waals surface area contributed by atoms with Crippen molar-refractivity contribution in [3.05, 3.63) is 76.7 Å². The number of alkyl halides is 1. The summed E-state index contributed by atoms with van der Waals surface area (Å²) in [5, 5.41) is 17.7. The number of allylic oxidation sites excluding steroid dienone is 1. The Morgan fingerprint density at radius 1 is 1.16 bits per heavy atom. The molecule has 258 valence electrons. The van der Waals surface area contributed by atoms with E-state index in [0.717, 1.165) is 24.8 Å². The van der Waals surface area contributed by atoms with Crippen molar-refractivity contribution in [2.45, 2.75) is 63.3 Å². The first-order chi connectivity index (χ1) is 24.2. The molecule has 4 atom stereocenters. The summed E-state index contributed by atoms with van der Waals surface area (Å²) in [4.78, 5) is 21.6. The number of piperidine rings is 1. The first kappa shape index (κ1) is 34.2. The molecule has 3 aromatic carbocycles. The zero-order chi connectivity index (χ0) is 35.1. The molecule has 0 aliphatic carbocycles. The second-order valence-electron chi connectivity index (χ2n) is 13.2. The molecule has 0 radical (unpaired) electrons. The summed E-state index contributed by atoms with van der Waals surface area (Å²) in [7, 11) is 2.07. The summed E-state index contributed by atoms with van der Waals surface area (Å²) in [6.07, 6.45) is 6.91. The highest BCUT2D eigenvalue weighted by molar-refractivity contribution is 6.38. The Morgan fingerprint density at radius 3 is 2.70 bits per heavy atom. The molecule has 12 heteroatoms. The minimum Gasteiger partial charge on any atom is -0.472 e. The predicted molar refractivity (Wildman–Crippen MR) is 193 cm³/mol. The van der Waals surface area contributed by atoms with Gasteiger partial charge in [0, 0.05) is 46.1 Å². The second kappa shape index (κ2) is 14.1. The fraction of sp³-hybridized carbons (Fsp3) is 0.368. The van der Waals surface area contributed by atoms with Crippen LogP contribution in [0.2, 0.25) is 10.0 Å². The normalized spacial score (nSPS) is 20.7. The van der Waals surface area contributed by atoms with Crippen LogP contribution < -0.4 is 4.74 Å². The average molecular weight is 718 g/mol. The molecular weight excluding hydrogens is 681 g/mol. The van der Waals surface area contributed by atoms with Crippen molar-refractivity contribution in [3.63, 3.8) is 0 Å². The SMILES string of the molecule is C[C@H](Oc1nc2c(F)c(-c3cccc4cccc(Cl)c34)c(Cl)cc2c2c1cnn2[C@H]1CCN(C(=O)/C=C/CF)[C@H](CC#N)C1)C1CCCN1C. The molecule has 0 bridgehead atoms. The van der Waals surface area contributed by atoms with Crippen LogP contribution in [0.4, 0.5) is 8.78 Å². The minimum absolute atomic E-state index is 0.0854. The Kier molecular flexibility index (Phi) is 9.66. The van der Waals surface area contributed by atoms with E-state index in [1.54, 1.807) is 29.3 Å². The van der Waals surface area contributed by atoms with Crippen LogP contribution in [0.5, 0.6) is 5.88 Å². The highest BCUT2D eigenvalue weighted by Crippen LogP contribution is 2.44. The van der Waals surface area contributed by atoms with Crippen LogP contribution in [0.15, 0.2) is 60.8 Å². The van der Waals surface area contributed by atoms with E-state index in [0.29, 0.717) is 51.6 Å². The molecule has 2 aliphatic rings. The number of fused-ring (bicyclic) bond motifs is 4. The minimum atomic E-state index is -0.750. The number of nitrogens with zero attached hydrogens (tertiary/aromatic N) is 6. The number of ether oxygens (including phenoxy) is 1. The molecule has 0 N–H and O–H groups in total. The fourth-order valence-corrected chi connectivity index (χ4v) is 8.41. The number of hydrogen-bond acceptors (Lipinski definition) is 6. The maximum absolute atomic E-state index is 17.2. The number of likely N-dealkylation sites (tertiary alicyclic amines) is 2. The van der Waals surface area contributed by atoms with Gasteiger partial charge in [0.25, 0.3) is 0 Å². The van der Waals surface area contributed by atoms with Crippen LogP contribution in [0.3, 0.4) is 0 Å². The number of hydrogen-bond donors (Lipinski definition) is 0. The zero-order valence-electron chi connectivity index (χ0n) is 27.8. The van der Waals surface area contributed by atoms with Crippen molar-refractivity contribution in [2.75, 3.05) is 26.8 Å². The second-order valence-corrected chi connectivity index (χ2v) is 14.0. The zero-order valence-corrected chi connectivity index (χ0v) is 29.3. The lowest BCUT2D eigenvalue weighted by molar-refractivity contribution is -0.130. The summed E-state index contributed by atoms with van der Waals surface area (Å²) in [5.41, 5.74) is 1.43. The van der Waals surface area contributed by atoms with Crippen LogP contribution in [-0.2, 0) is 4.79 Å². The summed E-state index contributed by atoms with van der Waals surface area (Å²) in [6, 6.07) is 14.5. The quantitative estimate of drug-likeness (QED) is 0.149. The third-order valence-corrected chi connectivity index (χ3v) is 10.8. The van der Waals surface area contributed by atoms with Gasteiger partial charge in [-0.1, -0.05) is 53.5 Å². The molecule has 2 saturated heterocycles. The number of carbonyl (C=O) groups excluding carboxylic acids is 1. The number of pyridine rings is 1. The molecule has 1 amide bonds. The molecule has 50 heavy (non-hydrogen) atoms. The van der Waals surface area contributed by atoms with Crippen molar-refractivity contribution in [1.29, 1.82) is 5.26 Å². The Labute approximate surface area is 298 Å². The van der Waals surface area contributed by atoms with Crippen molar-refractivity contribution >= 4 is 61.7 Å². The van der Waals surface area contributed by atoms with Crippen LogP contribution in [0.1, 0.15) is 45.1 Å². The molecule has 2 aliphatic heterocycles. The molecular formula is C38H36Cl2F2N6O2. The van der Waals surface area contributed by atoms with Crippen molar-refractivity contribution in [3.8, 4) is 23.1 Å². The lowest BCUT2D eigenvalue weighted by Gasteiger charge is -2.38. The van der Waals surface area contributed by atoms with Crippen LogP contribution in [0.25, 0.3) is 43.7 Å². The lowest BCUT2D eigenvalue weighted by atomic mass is 9.94. The largest absolute Gasteiger partial charge is 0.472 e. The van der Waals surface area contributed by atoms with Crippen molar-refractivity contribution in [2.24, 2.45) is 0 Å². The van der Waals surface area contributed by atoms with Gasteiger partial charge in [0.2, 0.25) is 11.8 Å². The number of aromatic nitrogens is 3. The van der Waals surface area contributed by atoms with E-state index in [2.05, 4.69) is 18.0 Å². The first-order valence-electron chi connectivity index (χ1n) is 16.8. The van der Waals surface area contributed by atoms with Gasteiger partial charge in [-0.2, -0.15) is 10.4 Å². The molecule has 2 aromatic heterocycles. The van der Waals surface area contributed by atoms with Gasteiger partial charge in [-0.25, -0.2) is 13.8 Å². The standard InChI is InChI=1S/C38H36Cl2F2N6O2/c1-22(31-11-6-17-46(31)2)50-38-28-21-44-48(25-14-18-47(24(19-25)13-16-43)32(49)12-5-15-41)37(28)27-20-30(40)34(35(42)36(27)45-38)26-9-3-7-23-8-4-10-29(39)33(23)26/h3-5,7-10,12,20-22,24-25,31H,6,11,13-15,17-19H2,1-2H3/b12-5+/t22-,24+,25-,31?/m0/s1. The Balaban J connectivity index is 1.40. The molecule has 7 rings (SSSR count). The molecule has 8 nitrogen and oxygen atoms in total. The number of amides is 1. The highest BCUT2D eigenvalue weighted by atomic mass is 35.5. The van der Waals surface area contributed by atoms with E-state index in [1.165, 1.54) is 12.2 Å². The Bertz CT molecular complexity index is 2180. The van der Waals surface area contributed by atoms with E-state index in [4.69, 9.17) is 38.0 Å². The number of halogens is 4. The van der Waals surface area contributed by atoms with Crippen molar-refractivity contribution in [1.82, 2.24) is 24.6 Å². The third-order valence-electron chi connectivity index (χ3n) is 10.2. The van der Waals surface area contributed by atoms with E-state index in [1.807, 2.05) is 35.9 Å².